The van der Waals surface area contributed by atoms with Crippen LogP contribution in [-0.2, 0) is 13.5 Å². The lowest BCUT2D eigenvalue weighted by atomic mass is 10.3. The van der Waals surface area contributed by atoms with Gasteiger partial charge in [-0.1, -0.05) is 0 Å². The molecule has 94 valence electrons. The quantitative estimate of drug-likeness (QED) is 0.776. The van der Waals surface area contributed by atoms with E-state index >= 15 is 0 Å². The minimum Gasteiger partial charge on any atom is -0.382 e. The maximum atomic E-state index is 11.7. The van der Waals surface area contributed by atoms with Crippen LogP contribution in [0.2, 0.25) is 0 Å². The van der Waals surface area contributed by atoms with E-state index in [4.69, 9.17) is 5.73 Å². The number of amides is 1. The van der Waals surface area contributed by atoms with Crippen molar-refractivity contribution in [3.63, 3.8) is 0 Å². The Morgan fingerprint density at radius 3 is 3.00 bits per heavy atom. The second kappa shape index (κ2) is 5.26. The van der Waals surface area contributed by atoms with Crippen LogP contribution >= 0.6 is 0 Å². The standard InChI is InChI=1S/C11H14N6O/c1-17-5-4-14-10(17)2-3-15-11(18)8-6-13-7-9(12)16-8/h4-7H,2-3H2,1H3,(H2,12,16)(H,15,18). The summed E-state index contributed by atoms with van der Waals surface area (Å²) >= 11 is 0. The van der Waals surface area contributed by atoms with Crippen LogP contribution in [0.4, 0.5) is 5.82 Å². The van der Waals surface area contributed by atoms with Crippen molar-refractivity contribution < 1.29 is 4.79 Å². The highest BCUT2D eigenvalue weighted by atomic mass is 16.1. The van der Waals surface area contributed by atoms with E-state index in [9.17, 15) is 4.79 Å². The van der Waals surface area contributed by atoms with E-state index in [1.165, 1.54) is 12.4 Å². The molecule has 0 radical (unpaired) electrons. The molecular formula is C11H14N6O. The molecule has 2 aromatic heterocycles. The van der Waals surface area contributed by atoms with Gasteiger partial charge >= 0.3 is 0 Å². The number of hydrogen-bond acceptors (Lipinski definition) is 5. The number of carbonyl (C=O) groups is 1. The van der Waals surface area contributed by atoms with Gasteiger partial charge < -0.3 is 15.6 Å². The summed E-state index contributed by atoms with van der Waals surface area (Å²) in [6.45, 7) is 0.486. The van der Waals surface area contributed by atoms with Gasteiger partial charge in [-0.05, 0) is 0 Å². The summed E-state index contributed by atoms with van der Waals surface area (Å²) in [5.41, 5.74) is 5.67. The fourth-order valence-electron chi connectivity index (χ4n) is 1.51. The van der Waals surface area contributed by atoms with Crippen molar-refractivity contribution in [2.45, 2.75) is 6.42 Å². The van der Waals surface area contributed by atoms with Crippen molar-refractivity contribution in [1.82, 2.24) is 24.8 Å². The molecule has 7 heteroatoms. The van der Waals surface area contributed by atoms with Crippen LogP contribution in [0.25, 0.3) is 0 Å². The van der Waals surface area contributed by atoms with Crippen LogP contribution in [0.3, 0.4) is 0 Å². The highest BCUT2D eigenvalue weighted by Crippen LogP contribution is 1.98. The van der Waals surface area contributed by atoms with Crippen LogP contribution in [0.5, 0.6) is 0 Å². The summed E-state index contributed by atoms with van der Waals surface area (Å²) in [6.07, 6.45) is 7.02. The summed E-state index contributed by atoms with van der Waals surface area (Å²) in [5.74, 6) is 0.852. The average Bonchev–Trinajstić information content (AvgIpc) is 2.75. The molecule has 0 spiro atoms. The normalized spacial score (nSPS) is 10.3. The third-order valence-electron chi connectivity index (χ3n) is 2.44. The third kappa shape index (κ3) is 2.82. The van der Waals surface area contributed by atoms with Gasteiger partial charge in [0.15, 0.2) is 0 Å². The van der Waals surface area contributed by atoms with Crippen molar-refractivity contribution in [2.24, 2.45) is 7.05 Å². The Hall–Kier alpha value is -2.44. The van der Waals surface area contributed by atoms with Crippen LogP contribution in [0.1, 0.15) is 16.3 Å². The highest BCUT2D eigenvalue weighted by Gasteiger charge is 2.08. The molecule has 7 nitrogen and oxygen atoms in total. The number of nitrogens with two attached hydrogens (primary N) is 1. The highest BCUT2D eigenvalue weighted by molar-refractivity contribution is 5.92. The number of aryl methyl sites for hydroxylation is 1. The molecule has 0 unspecified atom stereocenters. The molecule has 2 rings (SSSR count). The van der Waals surface area contributed by atoms with E-state index in [1.807, 2.05) is 17.8 Å². The zero-order valence-electron chi connectivity index (χ0n) is 10.00. The zero-order valence-corrected chi connectivity index (χ0v) is 10.00. The van der Waals surface area contributed by atoms with Gasteiger partial charge in [-0.25, -0.2) is 9.97 Å². The number of imidazole rings is 1. The number of carbonyl (C=O) groups excluding carboxylic acids is 1. The Balaban J connectivity index is 1.87. The maximum Gasteiger partial charge on any atom is 0.271 e. The first-order valence-corrected chi connectivity index (χ1v) is 5.49. The van der Waals surface area contributed by atoms with Crippen LogP contribution in [0, 0.1) is 0 Å². The van der Waals surface area contributed by atoms with Gasteiger partial charge in [0.1, 0.15) is 17.3 Å². The van der Waals surface area contributed by atoms with E-state index in [1.54, 1.807) is 6.20 Å². The Kier molecular flexibility index (Phi) is 3.52. The second-order valence-electron chi connectivity index (χ2n) is 3.79. The van der Waals surface area contributed by atoms with Crippen LogP contribution in [0.15, 0.2) is 24.8 Å². The molecule has 0 aromatic carbocycles. The van der Waals surface area contributed by atoms with Crippen molar-refractivity contribution in [3.05, 3.63) is 36.3 Å². The van der Waals surface area contributed by atoms with Gasteiger partial charge in [0, 0.05) is 32.4 Å². The van der Waals surface area contributed by atoms with Crippen molar-refractivity contribution >= 4 is 11.7 Å². The molecule has 0 saturated carbocycles. The Morgan fingerprint density at radius 1 is 1.50 bits per heavy atom. The fraction of sp³-hybridized carbons (Fsp3) is 0.273. The Labute approximate surface area is 104 Å². The van der Waals surface area contributed by atoms with E-state index in [0.717, 1.165) is 5.82 Å². The van der Waals surface area contributed by atoms with E-state index < -0.39 is 0 Å². The molecular weight excluding hydrogens is 232 g/mol. The monoisotopic (exact) mass is 246 g/mol. The molecule has 1 amide bonds. The number of hydrogen-bond donors (Lipinski definition) is 2. The van der Waals surface area contributed by atoms with E-state index in [-0.39, 0.29) is 17.4 Å². The van der Waals surface area contributed by atoms with Gasteiger partial charge in [-0.2, -0.15) is 0 Å². The first kappa shape index (κ1) is 12.0. The molecule has 0 aliphatic rings. The average molecular weight is 246 g/mol. The first-order chi connectivity index (χ1) is 8.66. The Bertz CT molecular complexity index is 550. The summed E-state index contributed by atoms with van der Waals surface area (Å²) in [7, 11) is 1.91. The molecule has 0 bridgehead atoms. The summed E-state index contributed by atoms with van der Waals surface area (Å²) in [6, 6.07) is 0. The summed E-state index contributed by atoms with van der Waals surface area (Å²) < 4.78 is 1.91. The molecule has 0 aliphatic heterocycles. The minimum absolute atomic E-state index is 0.217. The van der Waals surface area contributed by atoms with Gasteiger partial charge in [-0.15, -0.1) is 0 Å². The third-order valence-corrected chi connectivity index (χ3v) is 2.44. The lowest BCUT2D eigenvalue weighted by molar-refractivity contribution is 0.0948. The lowest BCUT2D eigenvalue weighted by Gasteiger charge is -2.05. The van der Waals surface area contributed by atoms with Crippen molar-refractivity contribution in [2.75, 3.05) is 12.3 Å². The molecule has 2 aromatic rings. The first-order valence-electron chi connectivity index (χ1n) is 5.49. The molecule has 0 fully saturated rings. The maximum absolute atomic E-state index is 11.7. The molecule has 0 atom stereocenters. The topological polar surface area (TPSA) is 98.7 Å². The molecule has 18 heavy (non-hydrogen) atoms. The van der Waals surface area contributed by atoms with Crippen molar-refractivity contribution in [1.29, 1.82) is 0 Å². The smallest absolute Gasteiger partial charge is 0.271 e. The molecule has 3 N–H and O–H groups in total. The van der Waals surface area contributed by atoms with Crippen LogP contribution < -0.4 is 11.1 Å². The fourth-order valence-corrected chi connectivity index (χ4v) is 1.51. The van der Waals surface area contributed by atoms with Crippen LogP contribution in [-0.4, -0.2) is 32.0 Å². The van der Waals surface area contributed by atoms with Gasteiger partial charge in [0.25, 0.3) is 5.91 Å². The van der Waals surface area contributed by atoms with Crippen molar-refractivity contribution in [3.8, 4) is 0 Å². The predicted molar refractivity (Wildman–Crippen MR) is 65.7 cm³/mol. The minimum atomic E-state index is -0.288. The molecule has 2 heterocycles. The number of anilines is 1. The predicted octanol–water partition coefficient (Wildman–Crippen LogP) is -0.235. The lowest BCUT2D eigenvalue weighted by Crippen LogP contribution is -2.27. The number of nitrogen functional groups attached to an aromatic ring is 1. The second-order valence-corrected chi connectivity index (χ2v) is 3.79. The summed E-state index contributed by atoms with van der Waals surface area (Å²) in [4.78, 5) is 23.6. The summed E-state index contributed by atoms with van der Waals surface area (Å²) in [5, 5.41) is 2.74. The molecule has 0 aliphatic carbocycles. The van der Waals surface area contributed by atoms with E-state index in [2.05, 4.69) is 20.3 Å². The Morgan fingerprint density at radius 2 is 2.33 bits per heavy atom. The number of nitrogens with zero attached hydrogens (tertiary/aromatic N) is 4. The number of aromatic nitrogens is 4. The zero-order chi connectivity index (χ0) is 13.0. The van der Waals surface area contributed by atoms with Gasteiger partial charge in [0.2, 0.25) is 0 Å². The SMILES string of the molecule is Cn1ccnc1CCNC(=O)c1cncc(N)n1. The van der Waals surface area contributed by atoms with Gasteiger partial charge in [-0.3, -0.25) is 9.78 Å². The van der Waals surface area contributed by atoms with E-state index in [0.29, 0.717) is 13.0 Å². The molecule has 0 saturated heterocycles. The van der Waals surface area contributed by atoms with Gasteiger partial charge in [0.05, 0.1) is 12.4 Å². The number of nitrogens with one attached hydrogen (secondary N) is 1. The number of rotatable bonds is 4. The largest absolute Gasteiger partial charge is 0.382 e.